The summed E-state index contributed by atoms with van der Waals surface area (Å²) in [5.41, 5.74) is 0. The van der Waals surface area contributed by atoms with E-state index in [1.807, 2.05) is 20.8 Å². The van der Waals surface area contributed by atoms with Gasteiger partial charge in [0.25, 0.3) is 0 Å². The van der Waals surface area contributed by atoms with Crippen molar-refractivity contribution in [1.29, 1.82) is 0 Å². The van der Waals surface area contributed by atoms with Gasteiger partial charge in [-0.15, -0.1) is 6.42 Å². The van der Waals surface area contributed by atoms with Gasteiger partial charge in [-0.3, -0.25) is 9.59 Å². The van der Waals surface area contributed by atoms with Crippen molar-refractivity contribution in [3.8, 4) is 12.3 Å². The zero-order chi connectivity index (χ0) is 12.3. The zero-order valence-electron chi connectivity index (χ0n) is 9.99. The molecule has 2 amide bonds. The van der Waals surface area contributed by atoms with Gasteiger partial charge in [-0.1, -0.05) is 26.7 Å². The van der Waals surface area contributed by atoms with Crippen molar-refractivity contribution in [2.24, 2.45) is 5.92 Å². The smallest absolute Gasteiger partial charge is 0.246 e. The van der Waals surface area contributed by atoms with E-state index < -0.39 is 6.04 Å². The molecule has 0 aromatic heterocycles. The van der Waals surface area contributed by atoms with Gasteiger partial charge in [-0.25, -0.2) is 0 Å². The summed E-state index contributed by atoms with van der Waals surface area (Å²) in [4.78, 5) is 25.1. The molecule has 1 saturated heterocycles. The van der Waals surface area contributed by atoms with Crippen LogP contribution in [0.3, 0.4) is 0 Å². The van der Waals surface area contributed by atoms with E-state index in [4.69, 9.17) is 6.42 Å². The largest absolute Gasteiger partial charge is 0.343 e. The standard InChI is InChI=1S/C12H18N2O2/c1-5-9(6-2)14-7-10(15)13-11(8(3)4)12(14)16/h1,8-9,11H,6-7H2,2-4H3,(H,13,15). The molecule has 0 saturated carbocycles. The summed E-state index contributed by atoms with van der Waals surface area (Å²) in [5, 5.41) is 2.70. The molecule has 1 aliphatic heterocycles. The van der Waals surface area contributed by atoms with Crippen LogP contribution < -0.4 is 5.32 Å². The molecule has 4 heteroatoms. The van der Waals surface area contributed by atoms with Crippen molar-refractivity contribution in [3.05, 3.63) is 0 Å². The Kier molecular flexibility index (Phi) is 3.94. The maximum absolute atomic E-state index is 12.1. The van der Waals surface area contributed by atoms with Crippen molar-refractivity contribution >= 4 is 11.8 Å². The maximum atomic E-state index is 12.1. The number of amides is 2. The van der Waals surface area contributed by atoms with Crippen molar-refractivity contribution in [3.63, 3.8) is 0 Å². The van der Waals surface area contributed by atoms with Crippen LogP contribution in [0.2, 0.25) is 0 Å². The predicted octanol–water partition coefficient (Wildman–Crippen LogP) is 0.381. The zero-order valence-corrected chi connectivity index (χ0v) is 9.99. The minimum atomic E-state index is -0.441. The van der Waals surface area contributed by atoms with Crippen LogP contribution in [0.25, 0.3) is 0 Å². The molecule has 2 atom stereocenters. The van der Waals surface area contributed by atoms with E-state index in [0.717, 1.165) is 0 Å². The predicted molar refractivity (Wildman–Crippen MR) is 61.4 cm³/mol. The topological polar surface area (TPSA) is 49.4 Å². The Bertz CT molecular complexity index is 330. The average molecular weight is 222 g/mol. The van der Waals surface area contributed by atoms with E-state index in [-0.39, 0.29) is 30.3 Å². The van der Waals surface area contributed by atoms with Gasteiger partial charge in [-0.05, 0) is 12.3 Å². The minimum absolute atomic E-state index is 0.0700. The number of hydrogen-bond donors (Lipinski definition) is 1. The fourth-order valence-electron chi connectivity index (χ4n) is 1.84. The summed E-state index contributed by atoms with van der Waals surface area (Å²) in [6.07, 6.45) is 6.03. The van der Waals surface area contributed by atoms with Crippen LogP contribution in [-0.2, 0) is 9.59 Å². The molecule has 0 radical (unpaired) electrons. The van der Waals surface area contributed by atoms with Crippen LogP contribution in [0, 0.1) is 18.3 Å². The maximum Gasteiger partial charge on any atom is 0.246 e. The number of carbonyl (C=O) groups is 2. The molecule has 1 aliphatic rings. The third-order valence-corrected chi connectivity index (χ3v) is 2.80. The molecular weight excluding hydrogens is 204 g/mol. The van der Waals surface area contributed by atoms with Gasteiger partial charge >= 0.3 is 0 Å². The lowest BCUT2D eigenvalue weighted by Gasteiger charge is -2.37. The van der Waals surface area contributed by atoms with E-state index in [1.165, 1.54) is 4.90 Å². The molecule has 1 rings (SSSR count). The van der Waals surface area contributed by atoms with Gasteiger partial charge in [0.1, 0.15) is 12.6 Å². The second-order valence-electron chi connectivity index (χ2n) is 4.35. The van der Waals surface area contributed by atoms with Crippen LogP contribution in [0.1, 0.15) is 27.2 Å². The van der Waals surface area contributed by atoms with Gasteiger partial charge in [0.05, 0.1) is 6.04 Å². The van der Waals surface area contributed by atoms with Gasteiger partial charge < -0.3 is 10.2 Å². The molecule has 1 heterocycles. The number of rotatable bonds is 3. The van der Waals surface area contributed by atoms with Gasteiger partial charge in [0.15, 0.2) is 0 Å². The van der Waals surface area contributed by atoms with Crippen molar-refractivity contribution in [2.75, 3.05) is 6.54 Å². The van der Waals surface area contributed by atoms with E-state index in [0.29, 0.717) is 6.42 Å². The first-order valence-electron chi connectivity index (χ1n) is 5.57. The molecule has 2 unspecified atom stereocenters. The highest BCUT2D eigenvalue weighted by molar-refractivity contribution is 5.95. The number of piperazine rings is 1. The van der Waals surface area contributed by atoms with E-state index in [2.05, 4.69) is 11.2 Å². The Morgan fingerprint density at radius 3 is 2.62 bits per heavy atom. The molecule has 0 aromatic rings. The Labute approximate surface area is 96.4 Å². The average Bonchev–Trinajstić information content (AvgIpc) is 2.23. The Morgan fingerprint density at radius 1 is 1.56 bits per heavy atom. The fourth-order valence-corrected chi connectivity index (χ4v) is 1.84. The van der Waals surface area contributed by atoms with Crippen LogP contribution in [-0.4, -0.2) is 35.3 Å². The Hall–Kier alpha value is -1.50. The SMILES string of the molecule is C#CC(CC)N1CC(=O)NC(C(C)C)C1=O. The molecular formula is C12H18N2O2. The molecule has 16 heavy (non-hydrogen) atoms. The second kappa shape index (κ2) is 5.02. The van der Waals surface area contributed by atoms with Crippen LogP contribution >= 0.6 is 0 Å². The molecule has 0 spiro atoms. The van der Waals surface area contributed by atoms with Crippen LogP contribution in [0.15, 0.2) is 0 Å². The van der Waals surface area contributed by atoms with Crippen molar-refractivity contribution in [1.82, 2.24) is 10.2 Å². The van der Waals surface area contributed by atoms with Crippen LogP contribution in [0.4, 0.5) is 0 Å². The van der Waals surface area contributed by atoms with E-state index >= 15 is 0 Å². The Morgan fingerprint density at radius 2 is 2.19 bits per heavy atom. The molecule has 4 nitrogen and oxygen atoms in total. The third kappa shape index (κ3) is 2.35. The number of hydrogen-bond acceptors (Lipinski definition) is 2. The van der Waals surface area contributed by atoms with Gasteiger partial charge in [0.2, 0.25) is 11.8 Å². The highest BCUT2D eigenvalue weighted by Gasteiger charge is 2.36. The van der Waals surface area contributed by atoms with Crippen LogP contribution in [0.5, 0.6) is 0 Å². The van der Waals surface area contributed by atoms with E-state index in [9.17, 15) is 9.59 Å². The summed E-state index contributed by atoms with van der Waals surface area (Å²) in [6.45, 7) is 5.80. The number of terminal acetylenes is 1. The highest BCUT2D eigenvalue weighted by atomic mass is 16.2. The molecule has 88 valence electrons. The van der Waals surface area contributed by atoms with Crippen molar-refractivity contribution < 1.29 is 9.59 Å². The molecule has 0 aromatic carbocycles. The molecule has 1 fully saturated rings. The first kappa shape index (κ1) is 12.6. The van der Waals surface area contributed by atoms with Gasteiger partial charge in [-0.2, -0.15) is 0 Å². The second-order valence-corrected chi connectivity index (χ2v) is 4.35. The number of nitrogens with one attached hydrogen (secondary N) is 1. The minimum Gasteiger partial charge on any atom is -0.343 e. The summed E-state index contributed by atoms with van der Waals surface area (Å²) in [7, 11) is 0. The summed E-state index contributed by atoms with van der Waals surface area (Å²) < 4.78 is 0. The fraction of sp³-hybridized carbons (Fsp3) is 0.667. The normalized spacial score (nSPS) is 22.9. The lowest BCUT2D eigenvalue weighted by atomic mass is 9.99. The highest BCUT2D eigenvalue weighted by Crippen LogP contribution is 2.14. The molecule has 0 aliphatic carbocycles. The summed E-state index contributed by atoms with van der Waals surface area (Å²) in [5.74, 6) is 2.43. The lowest BCUT2D eigenvalue weighted by Crippen LogP contribution is -2.61. The van der Waals surface area contributed by atoms with Crippen molar-refractivity contribution in [2.45, 2.75) is 39.3 Å². The van der Waals surface area contributed by atoms with Gasteiger partial charge in [0, 0.05) is 0 Å². The molecule has 0 bridgehead atoms. The lowest BCUT2D eigenvalue weighted by molar-refractivity contribution is -0.146. The van der Waals surface area contributed by atoms with E-state index in [1.54, 1.807) is 0 Å². The first-order chi connectivity index (χ1) is 7.51. The Balaban J connectivity index is 2.89. The quantitative estimate of drug-likeness (QED) is 0.702. The summed E-state index contributed by atoms with van der Waals surface area (Å²) in [6, 6.07) is -0.719. The first-order valence-corrected chi connectivity index (χ1v) is 5.57. The third-order valence-electron chi connectivity index (χ3n) is 2.80. The number of carbonyl (C=O) groups excluding carboxylic acids is 2. The molecule has 1 N–H and O–H groups in total. The number of nitrogens with zero attached hydrogens (tertiary/aromatic N) is 1. The monoisotopic (exact) mass is 222 g/mol. The summed E-state index contributed by atoms with van der Waals surface area (Å²) >= 11 is 0.